The van der Waals surface area contributed by atoms with Crippen LogP contribution in [0.1, 0.15) is 6.92 Å². The number of nitrogens with one attached hydrogen (secondary N) is 1. The number of amides is 1. The summed E-state index contributed by atoms with van der Waals surface area (Å²) in [4.78, 5) is 21.7. The van der Waals surface area contributed by atoms with E-state index in [2.05, 4.69) is 10.2 Å². The van der Waals surface area contributed by atoms with Gasteiger partial charge in [-0.25, -0.2) is 15.2 Å². The van der Waals surface area contributed by atoms with E-state index in [9.17, 15) is 14.9 Å². The number of carbonyl (C=O) groups is 1. The number of para-hydroxylation sites is 2. The van der Waals surface area contributed by atoms with Gasteiger partial charge in [-0.3, -0.25) is 10.1 Å². The molecule has 0 fully saturated rings. The second kappa shape index (κ2) is 6.50. The quantitative estimate of drug-likeness (QED) is 0.489. The van der Waals surface area contributed by atoms with Gasteiger partial charge in [0.05, 0.1) is 11.5 Å². The maximum atomic E-state index is 11.4. The van der Waals surface area contributed by atoms with Crippen LogP contribution in [0.2, 0.25) is 0 Å². The van der Waals surface area contributed by atoms with Crippen LogP contribution in [0.5, 0.6) is 0 Å². The first-order valence-corrected chi connectivity index (χ1v) is 5.64. The van der Waals surface area contributed by atoms with Crippen LogP contribution in [0.3, 0.4) is 0 Å². The molecule has 0 heterocycles. The summed E-state index contributed by atoms with van der Waals surface area (Å²) in [6.45, 7) is 1.77. The molecule has 0 aromatic heterocycles. The van der Waals surface area contributed by atoms with Gasteiger partial charge in [-0.05, 0) is 25.2 Å². The van der Waals surface area contributed by atoms with Crippen molar-refractivity contribution in [1.82, 2.24) is 5.43 Å². The normalized spacial score (nSPS) is 9.53. The molecule has 0 bridgehead atoms. The van der Waals surface area contributed by atoms with E-state index in [0.29, 0.717) is 0 Å². The summed E-state index contributed by atoms with van der Waals surface area (Å²) in [5.41, 5.74) is 7.48. The van der Waals surface area contributed by atoms with Gasteiger partial charge >= 0.3 is 6.09 Å². The van der Waals surface area contributed by atoms with Gasteiger partial charge in [0.1, 0.15) is 5.69 Å². The average Bonchev–Trinajstić information content (AvgIpc) is 2.36. The predicted octanol–water partition coefficient (Wildman–Crippen LogP) is 1.31. The van der Waals surface area contributed by atoms with E-state index in [1.165, 1.54) is 18.2 Å². The summed E-state index contributed by atoms with van der Waals surface area (Å²) in [6.07, 6.45) is -0.812. The molecule has 9 heteroatoms. The molecule has 0 spiro atoms. The number of nitro benzene ring substituents is 1. The fourth-order valence-corrected chi connectivity index (χ4v) is 1.44. The Kier molecular flexibility index (Phi) is 5.01. The van der Waals surface area contributed by atoms with Gasteiger partial charge in [0.25, 0.3) is 5.69 Å². The number of rotatable bonds is 3. The molecule has 8 nitrogen and oxygen atoms in total. The van der Waals surface area contributed by atoms with E-state index in [0.717, 1.165) is 5.01 Å². The van der Waals surface area contributed by atoms with E-state index < -0.39 is 11.0 Å². The van der Waals surface area contributed by atoms with Crippen LogP contribution in [-0.4, -0.2) is 22.7 Å². The molecule has 0 saturated carbocycles. The lowest BCUT2D eigenvalue weighted by atomic mass is 10.2. The predicted molar refractivity (Wildman–Crippen MR) is 72.5 cm³/mol. The van der Waals surface area contributed by atoms with Crippen LogP contribution >= 0.6 is 12.2 Å². The van der Waals surface area contributed by atoms with Crippen LogP contribution in [-0.2, 0) is 4.74 Å². The summed E-state index contributed by atoms with van der Waals surface area (Å²) >= 11 is 4.76. The smallest absolute Gasteiger partial charge is 0.426 e. The number of benzene rings is 1. The Balaban J connectivity index is 3.09. The number of thiocarbonyl (C=S) groups is 1. The largest absolute Gasteiger partial charge is 0.449 e. The summed E-state index contributed by atoms with van der Waals surface area (Å²) in [6, 6.07) is 5.72. The minimum Gasteiger partial charge on any atom is -0.449 e. The van der Waals surface area contributed by atoms with Gasteiger partial charge in [-0.15, -0.1) is 0 Å². The molecule has 0 aliphatic heterocycles. The Morgan fingerprint density at radius 2 is 2.21 bits per heavy atom. The van der Waals surface area contributed by atoms with Gasteiger partial charge in [-0.1, -0.05) is 12.1 Å². The van der Waals surface area contributed by atoms with Crippen molar-refractivity contribution in [3.8, 4) is 0 Å². The summed E-state index contributed by atoms with van der Waals surface area (Å²) in [5.74, 6) is 0. The minimum atomic E-state index is -0.812. The van der Waals surface area contributed by atoms with Crippen molar-refractivity contribution >= 4 is 34.8 Å². The molecule has 1 aromatic carbocycles. The molecule has 3 N–H and O–H groups in total. The van der Waals surface area contributed by atoms with Crippen molar-refractivity contribution in [3.05, 3.63) is 34.4 Å². The van der Waals surface area contributed by atoms with Gasteiger partial charge in [0.2, 0.25) is 0 Å². The highest BCUT2D eigenvalue weighted by Crippen LogP contribution is 2.26. The standard InChI is InChI=1S/C10H12N4O4S/c1-2-18-10(15)12-13(9(11)19)7-5-3-4-6-8(7)14(16)17/h3-6H,2H2,1H3,(H2,11,19)(H,12,15). The molecular formula is C10H12N4O4S. The minimum absolute atomic E-state index is 0.0491. The van der Waals surface area contributed by atoms with Crippen molar-refractivity contribution < 1.29 is 14.5 Å². The second-order valence-corrected chi connectivity index (χ2v) is 3.67. The van der Waals surface area contributed by atoms with Gasteiger partial charge in [0, 0.05) is 6.07 Å². The molecule has 0 aliphatic carbocycles. The molecule has 0 saturated heterocycles. The SMILES string of the molecule is CCOC(=O)NN(C(N)=S)c1ccccc1[N+](=O)[O-]. The van der Waals surface area contributed by atoms with Crippen molar-refractivity contribution in [2.75, 3.05) is 11.6 Å². The highest BCUT2D eigenvalue weighted by molar-refractivity contribution is 7.80. The van der Waals surface area contributed by atoms with Gasteiger partial charge < -0.3 is 10.5 Å². The lowest BCUT2D eigenvalue weighted by Gasteiger charge is -2.22. The first kappa shape index (κ1) is 14.6. The van der Waals surface area contributed by atoms with E-state index >= 15 is 0 Å². The number of anilines is 1. The van der Waals surface area contributed by atoms with Crippen LogP contribution < -0.4 is 16.2 Å². The molecule has 0 unspecified atom stereocenters. The number of carbonyl (C=O) groups excluding carboxylic acids is 1. The maximum Gasteiger partial charge on any atom is 0.426 e. The van der Waals surface area contributed by atoms with Crippen molar-refractivity contribution in [3.63, 3.8) is 0 Å². The van der Waals surface area contributed by atoms with E-state index in [-0.39, 0.29) is 23.1 Å². The Hall–Kier alpha value is -2.42. The highest BCUT2D eigenvalue weighted by atomic mass is 32.1. The first-order chi connectivity index (χ1) is 8.97. The number of nitro groups is 1. The number of ether oxygens (including phenoxy) is 1. The lowest BCUT2D eigenvalue weighted by molar-refractivity contribution is -0.384. The molecule has 19 heavy (non-hydrogen) atoms. The van der Waals surface area contributed by atoms with Crippen LogP contribution in [0.4, 0.5) is 16.2 Å². The fourth-order valence-electron chi connectivity index (χ4n) is 1.30. The van der Waals surface area contributed by atoms with Gasteiger partial charge in [0.15, 0.2) is 5.11 Å². The molecule has 1 rings (SSSR count). The average molecular weight is 284 g/mol. The van der Waals surface area contributed by atoms with E-state index in [4.69, 9.17) is 18.0 Å². The third-order valence-corrected chi connectivity index (χ3v) is 2.20. The number of nitrogens with two attached hydrogens (primary N) is 1. The molecule has 0 atom stereocenters. The summed E-state index contributed by atoms with van der Waals surface area (Å²) < 4.78 is 4.67. The van der Waals surface area contributed by atoms with Crippen molar-refractivity contribution in [2.24, 2.45) is 5.73 Å². The Morgan fingerprint density at radius 3 is 2.74 bits per heavy atom. The third kappa shape index (κ3) is 3.78. The van der Waals surface area contributed by atoms with Crippen LogP contribution in [0, 0.1) is 10.1 Å². The Morgan fingerprint density at radius 1 is 1.58 bits per heavy atom. The zero-order valence-electron chi connectivity index (χ0n) is 10.0. The Labute approximate surface area is 114 Å². The molecule has 0 aliphatic rings. The summed E-state index contributed by atoms with van der Waals surface area (Å²) in [5, 5.41) is 11.6. The molecular weight excluding hydrogens is 272 g/mol. The lowest BCUT2D eigenvalue weighted by Crippen LogP contribution is -2.49. The zero-order valence-corrected chi connectivity index (χ0v) is 10.8. The zero-order chi connectivity index (χ0) is 14.4. The monoisotopic (exact) mass is 284 g/mol. The maximum absolute atomic E-state index is 11.4. The number of nitrogens with zero attached hydrogens (tertiary/aromatic N) is 2. The van der Waals surface area contributed by atoms with E-state index in [1.807, 2.05) is 0 Å². The molecule has 1 amide bonds. The van der Waals surface area contributed by atoms with Crippen molar-refractivity contribution in [1.29, 1.82) is 0 Å². The van der Waals surface area contributed by atoms with Crippen LogP contribution in [0.25, 0.3) is 0 Å². The topological polar surface area (TPSA) is 111 Å². The van der Waals surface area contributed by atoms with E-state index in [1.54, 1.807) is 13.0 Å². The van der Waals surface area contributed by atoms with Crippen LogP contribution in [0.15, 0.2) is 24.3 Å². The molecule has 0 radical (unpaired) electrons. The molecule has 102 valence electrons. The number of hydrogen-bond acceptors (Lipinski definition) is 5. The van der Waals surface area contributed by atoms with Gasteiger partial charge in [-0.2, -0.15) is 0 Å². The molecule has 1 aromatic rings. The summed E-state index contributed by atoms with van der Waals surface area (Å²) in [7, 11) is 0. The number of hydrogen-bond donors (Lipinski definition) is 2. The number of hydrazine groups is 1. The Bertz CT molecular complexity index is 508. The third-order valence-electron chi connectivity index (χ3n) is 2.02. The first-order valence-electron chi connectivity index (χ1n) is 5.23. The second-order valence-electron chi connectivity index (χ2n) is 3.25. The highest BCUT2D eigenvalue weighted by Gasteiger charge is 2.22. The van der Waals surface area contributed by atoms with Crippen molar-refractivity contribution in [2.45, 2.75) is 6.92 Å². The fraction of sp³-hybridized carbons (Fsp3) is 0.200.